The van der Waals surface area contributed by atoms with Crippen molar-refractivity contribution in [1.29, 1.82) is 0 Å². The van der Waals surface area contributed by atoms with Crippen LogP contribution in [-0.4, -0.2) is 66.4 Å². The molecular formula is C22H31N3O3. The fourth-order valence-corrected chi connectivity index (χ4v) is 6.11. The van der Waals surface area contributed by atoms with E-state index in [0.717, 1.165) is 57.0 Å². The average Bonchev–Trinajstić information content (AvgIpc) is 3.34. The number of likely N-dealkylation sites (tertiary alicyclic amines) is 1. The van der Waals surface area contributed by atoms with E-state index in [-0.39, 0.29) is 11.5 Å². The Hall–Kier alpha value is -1.50. The molecule has 1 N–H and O–H groups in total. The molecule has 28 heavy (non-hydrogen) atoms. The van der Waals surface area contributed by atoms with E-state index < -0.39 is 0 Å². The smallest absolute Gasteiger partial charge is 0.251 e. The van der Waals surface area contributed by atoms with E-state index in [1.807, 2.05) is 26.0 Å². The molecule has 4 saturated heterocycles. The van der Waals surface area contributed by atoms with Crippen LogP contribution < -0.4 is 5.32 Å². The molecule has 1 spiro atoms. The third-order valence-corrected chi connectivity index (χ3v) is 7.36. The molecule has 2 bridgehead atoms. The summed E-state index contributed by atoms with van der Waals surface area (Å²) in [6.45, 7) is 8.50. The lowest BCUT2D eigenvalue weighted by molar-refractivity contribution is -0.0122. The summed E-state index contributed by atoms with van der Waals surface area (Å²) in [6.07, 6.45) is 4.88. The van der Waals surface area contributed by atoms with E-state index in [1.165, 1.54) is 6.42 Å². The molecule has 5 rings (SSSR count). The fourth-order valence-electron chi connectivity index (χ4n) is 6.11. The highest BCUT2D eigenvalue weighted by atomic mass is 16.5. The predicted octanol–water partition coefficient (Wildman–Crippen LogP) is 2.09. The lowest BCUT2D eigenvalue weighted by Crippen LogP contribution is -2.41. The molecular weight excluding hydrogens is 354 g/mol. The van der Waals surface area contributed by atoms with Crippen molar-refractivity contribution in [3.05, 3.63) is 29.1 Å². The Labute approximate surface area is 167 Å². The number of rotatable bonds is 4. The van der Waals surface area contributed by atoms with Gasteiger partial charge in [-0.15, -0.1) is 0 Å². The second-order valence-corrected chi connectivity index (χ2v) is 9.15. The van der Waals surface area contributed by atoms with Crippen LogP contribution in [0.5, 0.6) is 0 Å². The van der Waals surface area contributed by atoms with Crippen molar-refractivity contribution in [2.75, 3.05) is 32.8 Å². The number of hydrogen-bond donors (Lipinski definition) is 1. The van der Waals surface area contributed by atoms with Gasteiger partial charge in [0.2, 0.25) is 0 Å². The Balaban J connectivity index is 1.25. The molecule has 152 valence electrons. The minimum absolute atomic E-state index is 0.00436. The van der Waals surface area contributed by atoms with Gasteiger partial charge < -0.3 is 14.8 Å². The number of nitrogens with zero attached hydrogens (tertiary/aromatic N) is 2. The zero-order chi connectivity index (χ0) is 19.3. The summed E-state index contributed by atoms with van der Waals surface area (Å²) in [5.41, 5.74) is 2.51. The van der Waals surface area contributed by atoms with Crippen molar-refractivity contribution >= 4 is 5.91 Å². The zero-order valence-electron chi connectivity index (χ0n) is 16.9. The van der Waals surface area contributed by atoms with Crippen LogP contribution in [0.2, 0.25) is 0 Å². The number of carbonyl (C=O) groups is 1. The largest absolute Gasteiger partial charge is 0.381 e. The van der Waals surface area contributed by atoms with Gasteiger partial charge in [0.05, 0.1) is 11.7 Å². The summed E-state index contributed by atoms with van der Waals surface area (Å²) < 4.78 is 12.1. The molecule has 1 amide bonds. The number of fused-ring (bicyclic) bond motifs is 1. The second kappa shape index (κ2) is 7.08. The summed E-state index contributed by atoms with van der Waals surface area (Å²) in [5, 5.41) is 3.20. The summed E-state index contributed by atoms with van der Waals surface area (Å²) in [4.78, 5) is 19.7. The standard InChI is InChI=1S/C22H31N3O3/c1-14-9-16(10-15(2)24-14)21(26)23-11-18-19-12-25(17-4-7-27-8-5-17)13-22(19)6-3-20(18)28-22/h9-10,17-20H,3-8,11-13H2,1-2H3,(H,23,26)/t18-,19+,20+,22+/m0/s1. The van der Waals surface area contributed by atoms with Crippen LogP contribution in [0.25, 0.3) is 0 Å². The topological polar surface area (TPSA) is 63.7 Å². The van der Waals surface area contributed by atoms with Gasteiger partial charge in [-0.3, -0.25) is 14.7 Å². The van der Waals surface area contributed by atoms with Gasteiger partial charge in [0.1, 0.15) is 0 Å². The van der Waals surface area contributed by atoms with Crippen LogP contribution in [0.15, 0.2) is 12.1 Å². The number of ether oxygens (including phenoxy) is 2. The Kier molecular flexibility index (Phi) is 4.68. The SMILES string of the molecule is Cc1cc(C(=O)NC[C@H]2[C@H]3CN(C4CCOCC4)C[C@]34CC[C@H]2O4)cc(C)n1. The molecule has 6 heteroatoms. The number of pyridine rings is 1. The highest BCUT2D eigenvalue weighted by Gasteiger charge is 2.63. The number of nitrogens with one attached hydrogen (secondary N) is 1. The van der Waals surface area contributed by atoms with Gasteiger partial charge in [0.15, 0.2) is 0 Å². The number of carbonyl (C=O) groups excluding carboxylic acids is 1. The fraction of sp³-hybridized carbons (Fsp3) is 0.727. The molecule has 0 aromatic carbocycles. The quantitative estimate of drug-likeness (QED) is 0.860. The number of hydrogen-bond acceptors (Lipinski definition) is 5. The second-order valence-electron chi connectivity index (χ2n) is 9.15. The average molecular weight is 386 g/mol. The van der Waals surface area contributed by atoms with Crippen molar-refractivity contribution in [3.8, 4) is 0 Å². The molecule has 0 aliphatic carbocycles. The Morgan fingerprint density at radius 2 is 2.00 bits per heavy atom. The minimum Gasteiger partial charge on any atom is -0.381 e. The van der Waals surface area contributed by atoms with Gasteiger partial charge >= 0.3 is 0 Å². The molecule has 4 aliphatic rings. The van der Waals surface area contributed by atoms with Crippen molar-refractivity contribution in [3.63, 3.8) is 0 Å². The van der Waals surface area contributed by atoms with E-state index in [0.29, 0.717) is 36.1 Å². The molecule has 0 unspecified atom stereocenters. The maximum absolute atomic E-state index is 12.7. The van der Waals surface area contributed by atoms with Crippen LogP contribution >= 0.6 is 0 Å². The van der Waals surface area contributed by atoms with Gasteiger partial charge in [-0.1, -0.05) is 0 Å². The van der Waals surface area contributed by atoms with Crippen molar-refractivity contribution in [2.24, 2.45) is 11.8 Å². The molecule has 4 aliphatic heterocycles. The monoisotopic (exact) mass is 385 g/mol. The number of amides is 1. The van der Waals surface area contributed by atoms with Gasteiger partial charge in [0, 0.05) is 67.7 Å². The Morgan fingerprint density at radius 1 is 1.25 bits per heavy atom. The highest BCUT2D eigenvalue weighted by Crippen LogP contribution is 2.55. The Morgan fingerprint density at radius 3 is 2.75 bits per heavy atom. The van der Waals surface area contributed by atoms with Gasteiger partial charge in [-0.05, 0) is 51.7 Å². The number of aryl methyl sites for hydroxylation is 2. The summed E-state index contributed by atoms with van der Waals surface area (Å²) in [7, 11) is 0. The van der Waals surface area contributed by atoms with Crippen LogP contribution in [0.1, 0.15) is 47.4 Å². The first-order valence-electron chi connectivity index (χ1n) is 10.8. The van der Waals surface area contributed by atoms with E-state index in [2.05, 4.69) is 15.2 Å². The van der Waals surface area contributed by atoms with Crippen LogP contribution in [0.3, 0.4) is 0 Å². The maximum Gasteiger partial charge on any atom is 0.251 e. The Bertz CT molecular complexity index is 743. The van der Waals surface area contributed by atoms with E-state index in [1.54, 1.807) is 0 Å². The number of aromatic nitrogens is 1. The van der Waals surface area contributed by atoms with Gasteiger partial charge in [-0.2, -0.15) is 0 Å². The first-order valence-corrected chi connectivity index (χ1v) is 10.8. The first kappa shape index (κ1) is 18.5. The van der Waals surface area contributed by atoms with E-state index in [9.17, 15) is 4.79 Å². The third kappa shape index (κ3) is 3.15. The molecule has 6 nitrogen and oxygen atoms in total. The molecule has 4 fully saturated rings. The van der Waals surface area contributed by atoms with Crippen molar-refractivity contribution in [2.45, 2.75) is 57.3 Å². The van der Waals surface area contributed by atoms with Crippen LogP contribution in [-0.2, 0) is 9.47 Å². The third-order valence-electron chi connectivity index (χ3n) is 7.36. The van der Waals surface area contributed by atoms with E-state index >= 15 is 0 Å². The summed E-state index contributed by atoms with van der Waals surface area (Å²) >= 11 is 0. The van der Waals surface area contributed by atoms with Crippen LogP contribution in [0.4, 0.5) is 0 Å². The van der Waals surface area contributed by atoms with Crippen molar-refractivity contribution in [1.82, 2.24) is 15.2 Å². The first-order chi connectivity index (χ1) is 13.5. The summed E-state index contributed by atoms with van der Waals surface area (Å²) in [6, 6.07) is 4.36. The highest BCUT2D eigenvalue weighted by molar-refractivity contribution is 5.94. The molecule has 5 heterocycles. The lowest BCUT2D eigenvalue weighted by atomic mass is 9.73. The predicted molar refractivity (Wildman–Crippen MR) is 105 cm³/mol. The van der Waals surface area contributed by atoms with E-state index in [4.69, 9.17) is 9.47 Å². The maximum atomic E-state index is 12.7. The molecule has 4 atom stereocenters. The lowest BCUT2D eigenvalue weighted by Gasteiger charge is -2.32. The van der Waals surface area contributed by atoms with Crippen molar-refractivity contribution < 1.29 is 14.3 Å². The summed E-state index contributed by atoms with van der Waals surface area (Å²) in [5.74, 6) is 0.964. The van der Waals surface area contributed by atoms with Gasteiger partial charge in [-0.25, -0.2) is 0 Å². The molecule has 1 aromatic rings. The zero-order valence-corrected chi connectivity index (χ0v) is 16.9. The van der Waals surface area contributed by atoms with Crippen LogP contribution in [0, 0.1) is 25.7 Å². The minimum atomic E-state index is 0.00436. The molecule has 1 aromatic heterocycles. The van der Waals surface area contributed by atoms with Gasteiger partial charge in [0.25, 0.3) is 5.91 Å². The molecule has 0 saturated carbocycles. The normalized spacial score (nSPS) is 35.3. The molecule has 0 radical (unpaired) electrons.